The summed E-state index contributed by atoms with van der Waals surface area (Å²) in [5.41, 5.74) is 14.6. The summed E-state index contributed by atoms with van der Waals surface area (Å²) in [6.45, 7) is 4.63. The summed E-state index contributed by atoms with van der Waals surface area (Å²) >= 11 is 0. The van der Waals surface area contributed by atoms with Gasteiger partial charge in [0.25, 0.3) is 0 Å². The number of hydrogen-bond acceptors (Lipinski definition) is 2. The largest absolute Gasteiger partial charge is 0.366 e. The van der Waals surface area contributed by atoms with Crippen LogP contribution in [-0.4, -0.2) is 5.91 Å². The number of aryl methyl sites for hydroxylation is 2. The fourth-order valence-corrected chi connectivity index (χ4v) is 1.64. The molecule has 0 aromatic heterocycles. The van der Waals surface area contributed by atoms with Crippen molar-refractivity contribution in [2.45, 2.75) is 20.4 Å². The Balaban J connectivity index is 0.000000191. The first-order chi connectivity index (χ1) is 9.02. The second-order valence-electron chi connectivity index (χ2n) is 4.43. The molecule has 0 unspecified atom stereocenters. The van der Waals surface area contributed by atoms with E-state index in [1.54, 1.807) is 12.1 Å². The maximum Gasteiger partial charge on any atom is 0.248 e. The van der Waals surface area contributed by atoms with E-state index >= 15 is 0 Å². The zero-order valence-corrected chi connectivity index (χ0v) is 11.4. The van der Waals surface area contributed by atoms with E-state index in [1.165, 1.54) is 11.1 Å². The SMILES string of the molecule is Cc1cccc(C(N)=O)c1.Cc1cccc(CN)c1. The Morgan fingerprint density at radius 1 is 1.00 bits per heavy atom. The van der Waals surface area contributed by atoms with Gasteiger partial charge in [0.1, 0.15) is 0 Å². The summed E-state index contributed by atoms with van der Waals surface area (Å²) in [7, 11) is 0. The Kier molecular flexibility index (Phi) is 5.76. The molecule has 100 valence electrons. The van der Waals surface area contributed by atoms with E-state index in [0.29, 0.717) is 12.1 Å². The van der Waals surface area contributed by atoms with Crippen LogP contribution in [0.4, 0.5) is 0 Å². The Morgan fingerprint density at radius 3 is 1.95 bits per heavy atom. The molecule has 3 heteroatoms. The third kappa shape index (κ3) is 5.36. The van der Waals surface area contributed by atoms with Crippen LogP contribution in [0.2, 0.25) is 0 Å². The molecule has 2 aromatic rings. The first-order valence-corrected chi connectivity index (χ1v) is 6.15. The molecule has 19 heavy (non-hydrogen) atoms. The van der Waals surface area contributed by atoms with Crippen molar-refractivity contribution in [3.05, 3.63) is 70.8 Å². The normalized spacial score (nSPS) is 9.42. The highest BCUT2D eigenvalue weighted by atomic mass is 16.1. The molecule has 4 N–H and O–H groups in total. The maximum absolute atomic E-state index is 10.6. The van der Waals surface area contributed by atoms with Crippen LogP contribution < -0.4 is 11.5 Å². The van der Waals surface area contributed by atoms with Gasteiger partial charge >= 0.3 is 0 Å². The van der Waals surface area contributed by atoms with Gasteiger partial charge in [0.2, 0.25) is 5.91 Å². The fraction of sp³-hybridized carbons (Fsp3) is 0.188. The molecule has 1 amide bonds. The van der Waals surface area contributed by atoms with Crippen molar-refractivity contribution < 1.29 is 4.79 Å². The molecule has 0 bridgehead atoms. The predicted octanol–water partition coefficient (Wildman–Crippen LogP) is 2.55. The number of primary amides is 1. The molecule has 2 aromatic carbocycles. The first-order valence-electron chi connectivity index (χ1n) is 6.15. The molecule has 0 saturated heterocycles. The lowest BCUT2D eigenvalue weighted by Gasteiger charge is -1.95. The Bertz CT molecular complexity index is 550. The molecule has 0 heterocycles. The van der Waals surface area contributed by atoms with Crippen LogP contribution in [0.25, 0.3) is 0 Å². The van der Waals surface area contributed by atoms with Crippen molar-refractivity contribution in [1.82, 2.24) is 0 Å². The number of benzene rings is 2. The molecule has 2 rings (SSSR count). The van der Waals surface area contributed by atoms with Gasteiger partial charge in [-0.1, -0.05) is 47.5 Å². The maximum atomic E-state index is 10.6. The van der Waals surface area contributed by atoms with E-state index < -0.39 is 0 Å². The zero-order chi connectivity index (χ0) is 14.3. The number of carbonyl (C=O) groups is 1. The van der Waals surface area contributed by atoms with Crippen molar-refractivity contribution in [2.75, 3.05) is 0 Å². The number of carbonyl (C=O) groups excluding carboxylic acids is 1. The van der Waals surface area contributed by atoms with E-state index in [0.717, 1.165) is 5.56 Å². The standard InChI is InChI=1S/C8H9NO.C8H11N/c1-6-3-2-4-7(5-6)8(9)10;1-7-3-2-4-8(5-7)6-9/h2-5H,1H3,(H2,9,10);2-5H,6,9H2,1H3. The van der Waals surface area contributed by atoms with E-state index in [1.807, 2.05) is 31.2 Å². The van der Waals surface area contributed by atoms with Crippen LogP contribution in [0, 0.1) is 13.8 Å². The number of hydrogen-bond donors (Lipinski definition) is 2. The molecule has 0 aliphatic rings. The molecular formula is C16H20N2O. The molecule has 0 saturated carbocycles. The Morgan fingerprint density at radius 2 is 1.58 bits per heavy atom. The molecule has 0 radical (unpaired) electrons. The summed E-state index contributed by atoms with van der Waals surface area (Å²) in [6.07, 6.45) is 0. The highest BCUT2D eigenvalue weighted by Gasteiger charge is 1.96. The summed E-state index contributed by atoms with van der Waals surface area (Å²) in [4.78, 5) is 10.6. The van der Waals surface area contributed by atoms with E-state index in [9.17, 15) is 4.79 Å². The van der Waals surface area contributed by atoms with Crippen molar-refractivity contribution in [3.8, 4) is 0 Å². The lowest BCUT2D eigenvalue weighted by atomic mass is 10.1. The van der Waals surface area contributed by atoms with Gasteiger partial charge in [-0.25, -0.2) is 0 Å². The van der Waals surface area contributed by atoms with Crippen molar-refractivity contribution in [3.63, 3.8) is 0 Å². The monoisotopic (exact) mass is 256 g/mol. The van der Waals surface area contributed by atoms with E-state index in [2.05, 4.69) is 19.1 Å². The molecule has 0 aliphatic heterocycles. The summed E-state index contributed by atoms with van der Waals surface area (Å²) in [6, 6.07) is 15.4. The van der Waals surface area contributed by atoms with Crippen LogP contribution in [0.5, 0.6) is 0 Å². The molecular weight excluding hydrogens is 236 g/mol. The third-order valence-corrected chi connectivity index (χ3v) is 2.62. The second kappa shape index (κ2) is 7.34. The van der Waals surface area contributed by atoms with Gasteiger partial charge in [0.15, 0.2) is 0 Å². The fourth-order valence-electron chi connectivity index (χ4n) is 1.64. The van der Waals surface area contributed by atoms with Gasteiger partial charge in [-0.3, -0.25) is 4.79 Å². The molecule has 3 nitrogen and oxygen atoms in total. The average Bonchev–Trinajstić information content (AvgIpc) is 2.39. The van der Waals surface area contributed by atoms with Crippen molar-refractivity contribution >= 4 is 5.91 Å². The Hall–Kier alpha value is -2.13. The molecule has 0 fully saturated rings. The van der Waals surface area contributed by atoms with E-state index in [-0.39, 0.29) is 5.91 Å². The summed E-state index contributed by atoms with van der Waals surface area (Å²) < 4.78 is 0. The van der Waals surface area contributed by atoms with Gasteiger partial charge in [-0.05, 0) is 31.5 Å². The quantitative estimate of drug-likeness (QED) is 0.867. The number of rotatable bonds is 2. The second-order valence-corrected chi connectivity index (χ2v) is 4.43. The average molecular weight is 256 g/mol. The van der Waals surface area contributed by atoms with Gasteiger partial charge in [-0.2, -0.15) is 0 Å². The smallest absolute Gasteiger partial charge is 0.248 e. The van der Waals surface area contributed by atoms with Gasteiger partial charge in [0.05, 0.1) is 0 Å². The highest BCUT2D eigenvalue weighted by molar-refractivity contribution is 5.92. The van der Waals surface area contributed by atoms with E-state index in [4.69, 9.17) is 11.5 Å². The highest BCUT2D eigenvalue weighted by Crippen LogP contribution is 2.02. The van der Waals surface area contributed by atoms with Gasteiger partial charge < -0.3 is 11.5 Å². The predicted molar refractivity (Wildman–Crippen MR) is 78.8 cm³/mol. The van der Waals surface area contributed by atoms with Crippen LogP contribution in [0.3, 0.4) is 0 Å². The lowest BCUT2D eigenvalue weighted by molar-refractivity contribution is 0.1000. The lowest BCUT2D eigenvalue weighted by Crippen LogP contribution is -2.10. The van der Waals surface area contributed by atoms with Gasteiger partial charge in [-0.15, -0.1) is 0 Å². The van der Waals surface area contributed by atoms with Crippen molar-refractivity contribution in [2.24, 2.45) is 11.5 Å². The van der Waals surface area contributed by atoms with Crippen LogP contribution >= 0.6 is 0 Å². The summed E-state index contributed by atoms with van der Waals surface area (Å²) in [5.74, 6) is -0.372. The van der Waals surface area contributed by atoms with Crippen LogP contribution in [0.15, 0.2) is 48.5 Å². The molecule has 0 atom stereocenters. The minimum Gasteiger partial charge on any atom is -0.366 e. The first kappa shape index (κ1) is 14.9. The summed E-state index contributed by atoms with van der Waals surface area (Å²) in [5, 5.41) is 0. The molecule has 0 aliphatic carbocycles. The van der Waals surface area contributed by atoms with Crippen LogP contribution in [0.1, 0.15) is 27.0 Å². The number of amides is 1. The molecule has 0 spiro atoms. The third-order valence-electron chi connectivity index (χ3n) is 2.62. The zero-order valence-electron chi connectivity index (χ0n) is 11.4. The topological polar surface area (TPSA) is 69.1 Å². The van der Waals surface area contributed by atoms with Gasteiger partial charge in [0, 0.05) is 12.1 Å². The Labute approximate surface area is 114 Å². The minimum absolute atomic E-state index is 0.372. The van der Waals surface area contributed by atoms with Crippen LogP contribution in [-0.2, 0) is 6.54 Å². The van der Waals surface area contributed by atoms with Crippen molar-refractivity contribution in [1.29, 1.82) is 0 Å². The minimum atomic E-state index is -0.372. The number of nitrogens with two attached hydrogens (primary N) is 2.